The monoisotopic (exact) mass is 535 g/mol. The molecule has 202 valence electrons. The Morgan fingerprint density at radius 2 is 1.93 bits per heavy atom. The highest BCUT2D eigenvalue weighted by Crippen LogP contribution is 2.33. The zero-order valence-electron chi connectivity index (χ0n) is 22.4. The number of ether oxygens (including phenoxy) is 2. The van der Waals surface area contributed by atoms with Gasteiger partial charge in [-0.15, -0.1) is 10.2 Å². The van der Waals surface area contributed by atoms with Crippen LogP contribution >= 0.6 is 0 Å². The maximum absolute atomic E-state index is 6.42. The molecule has 0 radical (unpaired) electrons. The smallest absolute Gasteiger partial charge is 0.224 e. The van der Waals surface area contributed by atoms with Gasteiger partial charge >= 0.3 is 0 Å². The Morgan fingerprint density at radius 1 is 1.02 bits per heavy atom. The third kappa shape index (κ3) is 4.79. The average Bonchev–Trinajstić information content (AvgIpc) is 3.59. The summed E-state index contributed by atoms with van der Waals surface area (Å²) in [5.41, 5.74) is 4.38. The number of anilines is 2. The minimum Gasteiger partial charge on any atom is -0.472 e. The SMILES string of the molecule is Cc1cc(Nc2ncnc3ccc(CC4=NCC5(CCN(C)CC5)O4)cc23)ccc1Oc1cc2nncn2cn1. The van der Waals surface area contributed by atoms with E-state index in [9.17, 15) is 0 Å². The van der Waals surface area contributed by atoms with Gasteiger partial charge in [-0.1, -0.05) is 6.07 Å². The van der Waals surface area contributed by atoms with Gasteiger partial charge in [-0.05, 0) is 55.4 Å². The Morgan fingerprint density at radius 3 is 2.80 bits per heavy atom. The van der Waals surface area contributed by atoms with Crippen LogP contribution in [0.4, 0.5) is 11.5 Å². The summed E-state index contributed by atoms with van der Waals surface area (Å²) in [4.78, 5) is 20.5. The normalized spacial score (nSPS) is 16.8. The van der Waals surface area contributed by atoms with Gasteiger partial charge in [0.05, 0.1) is 12.1 Å². The Hall–Kier alpha value is -4.64. The number of likely N-dealkylation sites (tertiary alicyclic amines) is 1. The highest BCUT2D eigenvalue weighted by Gasteiger charge is 2.40. The number of hydrogen-bond acceptors (Lipinski definition) is 10. The van der Waals surface area contributed by atoms with E-state index in [1.807, 2.05) is 31.2 Å². The molecule has 0 saturated carbocycles. The van der Waals surface area contributed by atoms with E-state index in [0.717, 1.165) is 71.9 Å². The first-order valence-electron chi connectivity index (χ1n) is 13.4. The summed E-state index contributed by atoms with van der Waals surface area (Å²) in [6.45, 7) is 4.84. The van der Waals surface area contributed by atoms with Gasteiger partial charge in [0.15, 0.2) is 11.5 Å². The molecule has 0 aliphatic carbocycles. The van der Waals surface area contributed by atoms with Gasteiger partial charge in [0.2, 0.25) is 5.88 Å². The first-order valence-corrected chi connectivity index (χ1v) is 13.4. The number of nitrogens with one attached hydrogen (secondary N) is 1. The summed E-state index contributed by atoms with van der Waals surface area (Å²) < 4.78 is 14.2. The lowest BCUT2D eigenvalue weighted by molar-refractivity contribution is 0.0206. The van der Waals surface area contributed by atoms with Crippen molar-refractivity contribution in [2.75, 3.05) is 32.0 Å². The summed E-state index contributed by atoms with van der Waals surface area (Å²) in [7, 11) is 2.16. The van der Waals surface area contributed by atoms with Gasteiger partial charge in [0.1, 0.15) is 36.2 Å². The van der Waals surface area contributed by atoms with Crippen molar-refractivity contribution in [3.63, 3.8) is 0 Å². The number of benzene rings is 2. The predicted octanol–water partition coefficient (Wildman–Crippen LogP) is 4.35. The van der Waals surface area contributed by atoms with Crippen molar-refractivity contribution in [3.8, 4) is 11.6 Å². The molecule has 0 unspecified atom stereocenters. The van der Waals surface area contributed by atoms with Crippen molar-refractivity contribution < 1.29 is 9.47 Å². The maximum Gasteiger partial charge on any atom is 0.224 e. The number of piperidine rings is 1. The van der Waals surface area contributed by atoms with E-state index < -0.39 is 0 Å². The van der Waals surface area contributed by atoms with E-state index in [0.29, 0.717) is 23.7 Å². The largest absolute Gasteiger partial charge is 0.472 e. The minimum absolute atomic E-state index is 0.123. The lowest BCUT2D eigenvalue weighted by atomic mass is 9.92. The molecule has 1 fully saturated rings. The second-order valence-electron chi connectivity index (χ2n) is 10.6. The zero-order valence-corrected chi connectivity index (χ0v) is 22.4. The number of hydrogen-bond donors (Lipinski definition) is 1. The molecule has 5 heterocycles. The molecular weight excluding hydrogens is 506 g/mol. The Balaban J connectivity index is 1.08. The van der Waals surface area contributed by atoms with Crippen LogP contribution in [-0.4, -0.2) is 72.6 Å². The molecule has 11 nitrogen and oxygen atoms in total. The van der Waals surface area contributed by atoms with Gasteiger partial charge in [0.25, 0.3) is 0 Å². The van der Waals surface area contributed by atoms with Crippen LogP contribution in [0.5, 0.6) is 11.6 Å². The van der Waals surface area contributed by atoms with Gasteiger partial charge in [-0.25, -0.2) is 15.0 Å². The van der Waals surface area contributed by atoms with Crippen LogP contribution in [0.15, 0.2) is 66.4 Å². The van der Waals surface area contributed by atoms with Crippen LogP contribution < -0.4 is 10.1 Å². The van der Waals surface area contributed by atoms with Crippen molar-refractivity contribution in [1.82, 2.24) is 34.4 Å². The molecule has 7 rings (SSSR count). The van der Waals surface area contributed by atoms with E-state index in [4.69, 9.17) is 14.5 Å². The molecule has 2 aromatic carbocycles. The molecule has 1 spiro atoms. The van der Waals surface area contributed by atoms with Crippen molar-refractivity contribution in [2.45, 2.75) is 31.8 Å². The fourth-order valence-corrected chi connectivity index (χ4v) is 5.27. The van der Waals surface area contributed by atoms with Gasteiger partial charge in [0, 0.05) is 49.5 Å². The van der Waals surface area contributed by atoms with Gasteiger partial charge < -0.3 is 19.7 Å². The number of rotatable bonds is 6. The number of aryl methyl sites for hydroxylation is 1. The molecular formula is C29H29N9O2. The summed E-state index contributed by atoms with van der Waals surface area (Å²) in [6.07, 6.45) is 7.50. The van der Waals surface area contributed by atoms with Crippen LogP contribution in [0.25, 0.3) is 16.6 Å². The maximum atomic E-state index is 6.42. The van der Waals surface area contributed by atoms with Crippen molar-refractivity contribution in [2.24, 2.45) is 4.99 Å². The van der Waals surface area contributed by atoms with Gasteiger partial charge in [-0.3, -0.25) is 9.39 Å². The van der Waals surface area contributed by atoms with E-state index >= 15 is 0 Å². The number of fused-ring (bicyclic) bond motifs is 2. The summed E-state index contributed by atoms with van der Waals surface area (Å²) in [5.74, 6) is 2.71. The molecule has 0 amide bonds. The topological polar surface area (TPSA) is 115 Å². The third-order valence-electron chi connectivity index (χ3n) is 7.65. The molecule has 5 aromatic rings. The van der Waals surface area contributed by atoms with Crippen LogP contribution in [-0.2, 0) is 11.2 Å². The summed E-state index contributed by atoms with van der Waals surface area (Å²) in [6, 6.07) is 13.9. The first-order chi connectivity index (χ1) is 19.5. The van der Waals surface area contributed by atoms with E-state index in [-0.39, 0.29) is 5.60 Å². The van der Waals surface area contributed by atoms with E-state index in [2.05, 4.69) is 54.5 Å². The summed E-state index contributed by atoms with van der Waals surface area (Å²) in [5, 5.41) is 12.3. The zero-order chi connectivity index (χ0) is 27.1. The molecule has 11 heteroatoms. The summed E-state index contributed by atoms with van der Waals surface area (Å²) >= 11 is 0. The van der Waals surface area contributed by atoms with Crippen molar-refractivity contribution >= 4 is 34.0 Å². The van der Waals surface area contributed by atoms with Crippen LogP contribution in [0.1, 0.15) is 24.0 Å². The molecule has 2 aliphatic heterocycles. The number of aliphatic imine (C=N–C) groups is 1. The minimum atomic E-state index is -0.123. The van der Waals surface area contributed by atoms with Gasteiger partial charge in [-0.2, -0.15) is 0 Å². The molecule has 40 heavy (non-hydrogen) atoms. The lowest BCUT2D eigenvalue weighted by Gasteiger charge is -2.36. The second-order valence-corrected chi connectivity index (χ2v) is 10.6. The van der Waals surface area contributed by atoms with Crippen molar-refractivity contribution in [1.29, 1.82) is 0 Å². The molecule has 3 aromatic heterocycles. The van der Waals surface area contributed by atoms with E-state index in [1.165, 1.54) is 0 Å². The molecule has 0 atom stereocenters. The van der Waals surface area contributed by atoms with Crippen LogP contribution in [0, 0.1) is 6.92 Å². The molecule has 1 N–H and O–H groups in total. The average molecular weight is 536 g/mol. The number of nitrogens with zero attached hydrogens (tertiary/aromatic N) is 8. The van der Waals surface area contributed by atoms with Crippen LogP contribution in [0.2, 0.25) is 0 Å². The fourth-order valence-electron chi connectivity index (χ4n) is 5.27. The fraction of sp³-hybridized carbons (Fsp3) is 0.310. The lowest BCUT2D eigenvalue weighted by Crippen LogP contribution is -2.45. The quantitative estimate of drug-likeness (QED) is 0.339. The van der Waals surface area contributed by atoms with Crippen LogP contribution in [0.3, 0.4) is 0 Å². The third-order valence-corrected chi connectivity index (χ3v) is 7.65. The standard InChI is InChI=1S/C29H29N9O2/c1-19-11-21(4-6-24(19)39-26-14-25-36-34-18-38(25)17-33-26)35-28-22-12-20(3-5-23(22)31-16-32-28)13-27-30-15-29(40-27)7-9-37(2)10-8-29/h3-6,11-12,14,16-18H,7-10,13,15H2,1-2H3,(H,31,32,35). The predicted molar refractivity (Wildman–Crippen MR) is 151 cm³/mol. The molecule has 1 saturated heterocycles. The Kier molecular flexibility index (Phi) is 6.00. The van der Waals surface area contributed by atoms with E-state index in [1.54, 1.807) is 29.4 Å². The Labute approximate surface area is 230 Å². The highest BCUT2D eigenvalue weighted by molar-refractivity contribution is 5.92. The first kappa shape index (κ1) is 24.4. The Bertz CT molecular complexity index is 1740. The van der Waals surface area contributed by atoms with Crippen molar-refractivity contribution in [3.05, 3.63) is 72.6 Å². The highest BCUT2D eigenvalue weighted by atomic mass is 16.5. The molecule has 0 bridgehead atoms. The second kappa shape index (κ2) is 9.83. The molecule has 2 aliphatic rings. The number of aromatic nitrogens is 6.